The van der Waals surface area contributed by atoms with Crippen LogP contribution in [0.5, 0.6) is 0 Å². The molecule has 1 aromatic carbocycles. The molecular weight excluding hydrogens is 464 g/mol. The summed E-state index contributed by atoms with van der Waals surface area (Å²) in [5.41, 5.74) is 0.960. The topological polar surface area (TPSA) is 75.3 Å². The first-order valence-corrected chi connectivity index (χ1v) is 16.1. The van der Waals surface area contributed by atoms with Crippen LogP contribution in [0.2, 0.25) is 0 Å². The van der Waals surface area contributed by atoms with Crippen LogP contribution < -0.4 is 10.6 Å². The number of sulfone groups is 1. The van der Waals surface area contributed by atoms with Crippen molar-refractivity contribution in [1.82, 2.24) is 10.6 Å². The maximum absolute atomic E-state index is 13.4. The lowest BCUT2D eigenvalue weighted by Gasteiger charge is -2.36. The molecule has 5 nitrogen and oxygen atoms in total. The molecule has 2 N–H and O–H groups in total. The summed E-state index contributed by atoms with van der Waals surface area (Å²) in [6.07, 6.45) is 13.4. The minimum Gasteiger partial charge on any atom is -0.352 e. The van der Waals surface area contributed by atoms with Gasteiger partial charge in [0.05, 0.1) is 10.1 Å². The minimum atomic E-state index is -3.30. The number of benzene rings is 1. The van der Waals surface area contributed by atoms with Crippen LogP contribution in [0.3, 0.4) is 0 Å². The molecule has 1 saturated heterocycles. The summed E-state index contributed by atoms with van der Waals surface area (Å²) in [5, 5.41) is 6.93. The van der Waals surface area contributed by atoms with Gasteiger partial charge in [-0.1, -0.05) is 57.1 Å². The Balaban J connectivity index is 1.15. The Morgan fingerprint density at radius 1 is 0.912 bits per heavy atom. The van der Waals surface area contributed by atoms with Gasteiger partial charge in [0.1, 0.15) is 0 Å². The highest BCUT2D eigenvalue weighted by Crippen LogP contribution is 2.41. The van der Waals surface area contributed by atoms with Crippen LogP contribution in [0, 0.1) is 17.8 Å². The van der Waals surface area contributed by atoms with Crippen molar-refractivity contribution in [2.24, 2.45) is 17.8 Å². The van der Waals surface area contributed by atoms with E-state index >= 15 is 0 Å². The van der Waals surface area contributed by atoms with Crippen molar-refractivity contribution in [2.75, 3.05) is 5.88 Å². The van der Waals surface area contributed by atoms with Crippen molar-refractivity contribution >= 4 is 27.5 Å². The first kappa shape index (κ1) is 24.6. The van der Waals surface area contributed by atoms with E-state index < -0.39 is 9.84 Å². The maximum Gasteiger partial charge on any atom is 0.223 e. The molecule has 4 fully saturated rings. The largest absolute Gasteiger partial charge is 0.352 e. The lowest BCUT2D eigenvalue weighted by Crippen LogP contribution is -2.41. The molecule has 3 saturated carbocycles. The Morgan fingerprint density at radius 3 is 2.47 bits per heavy atom. The first-order valence-electron chi connectivity index (χ1n) is 13.5. The summed E-state index contributed by atoms with van der Waals surface area (Å²) in [4.78, 5) is 13.2. The van der Waals surface area contributed by atoms with Crippen LogP contribution in [0.1, 0.15) is 82.6 Å². The van der Waals surface area contributed by atoms with Gasteiger partial charge in [-0.3, -0.25) is 4.79 Å². The van der Waals surface area contributed by atoms with E-state index in [1.807, 2.05) is 23.9 Å². The van der Waals surface area contributed by atoms with E-state index in [0.29, 0.717) is 28.6 Å². The quantitative estimate of drug-likeness (QED) is 0.567. The Kier molecular flexibility index (Phi) is 7.91. The minimum absolute atomic E-state index is 0.0942. The molecule has 3 aliphatic carbocycles. The number of hydrogen-bond acceptors (Lipinski definition) is 5. The molecule has 1 aromatic rings. The number of nitrogens with one attached hydrogen (secondary N) is 2. The number of thioether (sulfide) groups is 1. The number of fused-ring (bicyclic) bond motifs is 1. The Hall–Kier alpha value is -1.05. The van der Waals surface area contributed by atoms with Crippen LogP contribution >= 0.6 is 11.8 Å². The van der Waals surface area contributed by atoms with E-state index in [-0.39, 0.29) is 17.1 Å². The third-order valence-electron chi connectivity index (χ3n) is 8.95. The van der Waals surface area contributed by atoms with Crippen molar-refractivity contribution in [1.29, 1.82) is 0 Å². The van der Waals surface area contributed by atoms with Crippen LogP contribution in [0.25, 0.3) is 0 Å². The van der Waals surface area contributed by atoms with Gasteiger partial charge in [-0.15, -0.1) is 11.8 Å². The predicted octanol–water partition coefficient (Wildman–Crippen LogP) is 5.05. The van der Waals surface area contributed by atoms with Gasteiger partial charge in [-0.25, -0.2) is 8.42 Å². The number of rotatable bonds is 6. The smallest absolute Gasteiger partial charge is 0.223 e. The van der Waals surface area contributed by atoms with Crippen LogP contribution in [-0.2, 0) is 21.2 Å². The summed E-state index contributed by atoms with van der Waals surface area (Å²) in [6, 6.07) is 7.84. The molecule has 1 amide bonds. The molecular formula is C27H40N2O3S2. The lowest BCUT2D eigenvalue weighted by molar-refractivity contribution is -0.126. The van der Waals surface area contributed by atoms with Crippen molar-refractivity contribution in [2.45, 2.75) is 105 Å². The van der Waals surface area contributed by atoms with Crippen molar-refractivity contribution < 1.29 is 13.2 Å². The monoisotopic (exact) mass is 504 g/mol. The van der Waals surface area contributed by atoms with Gasteiger partial charge < -0.3 is 10.6 Å². The normalized spacial score (nSPS) is 32.8. The summed E-state index contributed by atoms with van der Waals surface area (Å²) < 4.78 is 26.8. The summed E-state index contributed by atoms with van der Waals surface area (Å²) in [6.45, 7) is 0.461. The molecule has 5 rings (SSSR count). The third-order valence-corrected chi connectivity index (χ3v) is 12.5. The van der Waals surface area contributed by atoms with Gasteiger partial charge in [0.15, 0.2) is 9.84 Å². The van der Waals surface area contributed by atoms with Crippen molar-refractivity contribution in [3.05, 3.63) is 29.8 Å². The van der Waals surface area contributed by atoms with E-state index in [2.05, 4.69) is 10.6 Å². The van der Waals surface area contributed by atoms with Crippen molar-refractivity contribution in [3.8, 4) is 0 Å². The Bertz CT molecular complexity index is 943. The van der Waals surface area contributed by atoms with Gasteiger partial charge in [0.25, 0.3) is 0 Å². The fraction of sp³-hybridized carbons (Fsp3) is 0.741. The molecule has 4 aliphatic rings. The van der Waals surface area contributed by atoms with Gasteiger partial charge in [0, 0.05) is 29.6 Å². The second kappa shape index (κ2) is 10.9. The Labute approximate surface area is 209 Å². The molecule has 1 heterocycles. The zero-order valence-corrected chi connectivity index (χ0v) is 21.8. The van der Waals surface area contributed by atoms with E-state index in [1.54, 1.807) is 12.1 Å². The molecule has 7 heteroatoms. The number of amides is 1. The van der Waals surface area contributed by atoms with Gasteiger partial charge >= 0.3 is 0 Å². The van der Waals surface area contributed by atoms with Crippen LogP contribution in [-0.4, -0.2) is 36.7 Å². The SMILES string of the molecule is O=C(NCc1ccc(S(=O)(=O)C2CCCC(C3CCCCC3)C2)cc1)C1CCC2NCSC2C1. The Morgan fingerprint density at radius 2 is 1.68 bits per heavy atom. The van der Waals surface area contributed by atoms with Gasteiger partial charge in [0.2, 0.25) is 5.91 Å². The number of hydrogen-bond donors (Lipinski definition) is 2. The van der Waals surface area contributed by atoms with Crippen molar-refractivity contribution in [3.63, 3.8) is 0 Å². The molecule has 188 valence electrons. The fourth-order valence-corrected chi connectivity index (χ4v) is 10.1. The van der Waals surface area contributed by atoms with Crippen LogP contribution in [0.15, 0.2) is 29.2 Å². The summed E-state index contributed by atoms with van der Waals surface area (Å²) in [7, 11) is -3.30. The predicted molar refractivity (Wildman–Crippen MR) is 138 cm³/mol. The van der Waals surface area contributed by atoms with E-state index in [4.69, 9.17) is 0 Å². The third kappa shape index (κ3) is 5.52. The highest BCUT2D eigenvalue weighted by molar-refractivity contribution is 8.00. The summed E-state index contributed by atoms with van der Waals surface area (Å²) >= 11 is 1.94. The number of carbonyl (C=O) groups excluding carboxylic acids is 1. The molecule has 34 heavy (non-hydrogen) atoms. The molecule has 0 radical (unpaired) electrons. The zero-order chi connectivity index (χ0) is 23.5. The molecule has 5 unspecified atom stereocenters. The molecule has 5 atom stereocenters. The van der Waals surface area contributed by atoms with E-state index in [9.17, 15) is 13.2 Å². The first-order chi connectivity index (χ1) is 16.5. The molecule has 0 spiro atoms. The van der Waals surface area contributed by atoms with Gasteiger partial charge in [-0.2, -0.15) is 0 Å². The second-order valence-electron chi connectivity index (χ2n) is 11.0. The summed E-state index contributed by atoms with van der Waals surface area (Å²) in [5.74, 6) is 2.55. The lowest BCUT2D eigenvalue weighted by atomic mass is 9.73. The second-order valence-corrected chi connectivity index (χ2v) is 14.5. The van der Waals surface area contributed by atoms with Gasteiger partial charge in [-0.05, 0) is 61.6 Å². The van der Waals surface area contributed by atoms with E-state index in [1.165, 1.54) is 38.5 Å². The zero-order valence-electron chi connectivity index (χ0n) is 20.2. The molecule has 1 aliphatic heterocycles. The molecule has 0 bridgehead atoms. The maximum atomic E-state index is 13.4. The van der Waals surface area contributed by atoms with E-state index in [0.717, 1.165) is 55.9 Å². The van der Waals surface area contributed by atoms with Crippen LogP contribution in [0.4, 0.5) is 0 Å². The fourth-order valence-electron chi connectivity index (χ4n) is 6.87. The average Bonchev–Trinajstić information content (AvgIpc) is 3.36. The average molecular weight is 505 g/mol. The number of carbonyl (C=O) groups is 1. The highest BCUT2D eigenvalue weighted by atomic mass is 32.2. The standard InChI is InChI=1S/C27H40N2O3S2/c30-27(22-11-14-25-26(16-22)33-18-29-25)28-17-19-9-12-23(13-10-19)34(31,32)24-8-4-7-21(15-24)20-5-2-1-3-6-20/h9-10,12-13,20-22,24-26,29H,1-8,11,14-18H2,(H,28,30). The molecule has 0 aromatic heterocycles. The highest BCUT2D eigenvalue weighted by Gasteiger charge is 2.37.